The van der Waals surface area contributed by atoms with Gasteiger partial charge in [0.25, 0.3) is 5.91 Å². The van der Waals surface area contributed by atoms with Gasteiger partial charge in [0.2, 0.25) is 0 Å². The van der Waals surface area contributed by atoms with Crippen molar-refractivity contribution in [1.82, 2.24) is 5.32 Å². The highest BCUT2D eigenvalue weighted by molar-refractivity contribution is 5.94. The predicted octanol–water partition coefficient (Wildman–Crippen LogP) is 3.05. The highest BCUT2D eigenvalue weighted by Gasteiger charge is 2.17. The molecule has 26 heavy (non-hydrogen) atoms. The molecule has 1 atom stereocenters. The number of aryl methyl sites for hydroxylation is 1. The van der Waals surface area contributed by atoms with Crippen LogP contribution in [0.3, 0.4) is 0 Å². The molecule has 1 N–H and O–H groups in total. The molecule has 0 aliphatic carbocycles. The van der Waals surface area contributed by atoms with E-state index in [0.29, 0.717) is 11.5 Å². The maximum absolute atomic E-state index is 12.2. The number of ether oxygens (including phenoxy) is 3. The molecule has 6 heteroatoms. The number of hydrogen-bond donors (Lipinski definition) is 1. The Hall–Kier alpha value is -3.02. The van der Waals surface area contributed by atoms with E-state index in [2.05, 4.69) is 5.32 Å². The largest absolute Gasteiger partial charge is 0.497 e. The first kappa shape index (κ1) is 19.3. The first-order valence-corrected chi connectivity index (χ1v) is 8.19. The Labute approximate surface area is 153 Å². The summed E-state index contributed by atoms with van der Waals surface area (Å²) in [6, 6.07) is 12.4. The molecule has 138 valence electrons. The smallest absolute Gasteiger partial charge is 0.342 e. The lowest BCUT2D eigenvalue weighted by Gasteiger charge is -2.15. The number of rotatable bonds is 7. The van der Waals surface area contributed by atoms with Gasteiger partial charge in [0, 0.05) is 6.07 Å². The molecule has 0 aliphatic heterocycles. The second kappa shape index (κ2) is 8.89. The van der Waals surface area contributed by atoms with Gasteiger partial charge in [0.15, 0.2) is 6.61 Å². The molecule has 0 spiro atoms. The van der Waals surface area contributed by atoms with E-state index in [0.717, 1.165) is 11.1 Å². The fourth-order valence-corrected chi connectivity index (χ4v) is 2.40. The molecule has 0 aliphatic rings. The van der Waals surface area contributed by atoms with Crippen molar-refractivity contribution in [2.75, 3.05) is 20.8 Å². The van der Waals surface area contributed by atoms with Crippen LogP contribution in [-0.4, -0.2) is 32.7 Å². The topological polar surface area (TPSA) is 73.9 Å². The molecule has 1 amide bonds. The van der Waals surface area contributed by atoms with Crippen LogP contribution in [0.15, 0.2) is 42.5 Å². The van der Waals surface area contributed by atoms with Crippen LogP contribution in [0.25, 0.3) is 0 Å². The summed E-state index contributed by atoms with van der Waals surface area (Å²) in [5.41, 5.74) is 2.36. The van der Waals surface area contributed by atoms with E-state index >= 15 is 0 Å². The second-order valence-corrected chi connectivity index (χ2v) is 5.84. The van der Waals surface area contributed by atoms with Crippen LogP contribution in [0.5, 0.6) is 11.5 Å². The van der Waals surface area contributed by atoms with E-state index in [1.807, 2.05) is 38.1 Å². The molecule has 0 saturated heterocycles. The van der Waals surface area contributed by atoms with E-state index in [-0.39, 0.29) is 24.1 Å². The molecular formula is C20H23NO5. The summed E-state index contributed by atoms with van der Waals surface area (Å²) in [6.07, 6.45) is 0. The zero-order chi connectivity index (χ0) is 19.1. The number of methoxy groups -OCH3 is 2. The summed E-state index contributed by atoms with van der Waals surface area (Å²) < 4.78 is 15.3. The molecule has 0 radical (unpaired) electrons. The molecule has 0 fully saturated rings. The van der Waals surface area contributed by atoms with Gasteiger partial charge in [-0.1, -0.05) is 29.8 Å². The minimum Gasteiger partial charge on any atom is -0.497 e. The van der Waals surface area contributed by atoms with E-state index in [1.54, 1.807) is 12.1 Å². The number of amides is 1. The van der Waals surface area contributed by atoms with Crippen molar-refractivity contribution in [2.45, 2.75) is 19.9 Å². The van der Waals surface area contributed by atoms with Crippen LogP contribution in [0.1, 0.15) is 34.5 Å². The van der Waals surface area contributed by atoms with Gasteiger partial charge >= 0.3 is 5.97 Å². The van der Waals surface area contributed by atoms with E-state index in [1.165, 1.54) is 20.3 Å². The third-order valence-electron chi connectivity index (χ3n) is 3.92. The maximum Gasteiger partial charge on any atom is 0.342 e. The average Bonchev–Trinajstić information content (AvgIpc) is 2.65. The molecule has 6 nitrogen and oxygen atoms in total. The third kappa shape index (κ3) is 4.99. The van der Waals surface area contributed by atoms with Gasteiger partial charge in [0.1, 0.15) is 17.1 Å². The van der Waals surface area contributed by atoms with Gasteiger partial charge < -0.3 is 19.5 Å². The first-order chi connectivity index (χ1) is 12.4. The van der Waals surface area contributed by atoms with E-state index in [4.69, 9.17) is 14.2 Å². The van der Waals surface area contributed by atoms with Crippen molar-refractivity contribution < 1.29 is 23.8 Å². The summed E-state index contributed by atoms with van der Waals surface area (Å²) in [7, 11) is 2.97. The predicted molar refractivity (Wildman–Crippen MR) is 97.6 cm³/mol. The van der Waals surface area contributed by atoms with E-state index in [9.17, 15) is 9.59 Å². The highest BCUT2D eigenvalue weighted by Crippen LogP contribution is 2.25. The van der Waals surface area contributed by atoms with Crippen LogP contribution < -0.4 is 14.8 Å². The van der Waals surface area contributed by atoms with Gasteiger partial charge in [-0.25, -0.2) is 4.79 Å². The number of esters is 1. The highest BCUT2D eigenvalue weighted by atomic mass is 16.5. The quantitative estimate of drug-likeness (QED) is 0.771. The number of carbonyl (C=O) groups excluding carboxylic acids is 2. The number of benzene rings is 2. The van der Waals surface area contributed by atoms with Crippen molar-refractivity contribution in [3.8, 4) is 11.5 Å². The molecule has 2 rings (SSSR count). The Balaban J connectivity index is 1.92. The molecule has 0 bridgehead atoms. The maximum atomic E-state index is 12.2. The summed E-state index contributed by atoms with van der Waals surface area (Å²) in [5.74, 6) is -0.132. The lowest BCUT2D eigenvalue weighted by atomic mass is 10.1. The normalized spacial score (nSPS) is 11.4. The number of nitrogens with one attached hydrogen (secondary N) is 1. The Morgan fingerprint density at radius 2 is 1.73 bits per heavy atom. The Morgan fingerprint density at radius 3 is 2.35 bits per heavy atom. The number of hydrogen-bond acceptors (Lipinski definition) is 5. The third-order valence-corrected chi connectivity index (χ3v) is 3.92. The van der Waals surface area contributed by atoms with Crippen LogP contribution in [0.4, 0.5) is 0 Å². The molecule has 0 aromatic heterocycles. The molecule has 2 aromatic rings. The van der Waals surface area contributed by atoms with Crippen molar-refractivity contribution in [3.05, 3.63) is 59.2 Å². The fraction of sp³-hybridized carbons (Fsp3) is 0.300. The van der Waals surface area contributed by atoms with Crippen molar-refractivity contribution in [3.63, 3.8) is 0 Å². The summed E-state index contributed by atoms with van der Waals surface area (Å²) in [4.78, 5) is 24.2. The molecular weight excluding hydrogens is 334 g/mol. The lowest BCUT2D eigenvalue weighted by Crippen LogP contribution is -2.31. The SMILES string of the molecule is COc1ccc(C(=O)OCC(=O)N[C@@H](C)c2ccc(C)cc2)c(OC)c1. The van der Waals surface area contributed by atoms with Crippen LogP contribution in [0.2, 0.25) is 0 Å². The lowest BCUT2D eigenvalue weighted by molar-refractivity contribution is -0.124. The molecule has 0 unspecified atom stereocenters. The monoisotopic (exact) mass is 357 g/mol. The second-order valence-electron chi connectivity index (χ2n) is 5.84. The van der Waals surface area contributed by atoms with Gasteiger partial charge in [-0.15, -0.1) is 0 Å². The van der Waals surface area contributed by atoms with E-state index < -0.39 is 5.97 Å². The Kier molecular flexibility index (Phi) is 6.60. The van der Waals surface area contributed by atoms with Crippen LogP contribution in [-0.2, 0) is 9.53 Å². The molecule has 2 aromatic carbocycles. The van der Waals surface area contributed by atoms with Crippen molar-refractivity contribution in [2.24, 2.45) is 0 Å². The summed E-state index contributed by atoms with van der Waals surface area (Å²) in [6.45, 7) is 3.50. The fourth-order valence-electron chi connectivity index (χ4n) is 2.40. The Morgan fingerprint density at radius 1 is 1.04 bits per heavy atom. The summed E-state index contributed by atoms with van der Waals surface area (Å²) >= 11 is 0. The zero-order valence-corrected chi connectivity index (χ0v) is 15.4. The van der Waals surface area contributed by atoms with Gasteiger partial charge in [0.05, 0.1) is 20.3 Å². The van der Waals surface area contributed by atoms with Crippen molar-refractivity contribution >= 4 is 11.9 Å². The van der Waals surface area contributed by atoms with Gasteiger partial charge in [-0.3, -0.25) is 4.79 Å². The minimum absolute atomic E-state index is 0.183. The van der Waals surface area contributed by atoms with Crippen LogP contribution in [0, 0.1) is 6.92 Å². The standard InChI is InChI=1S/C20H23NO5/c1-13-5-7-15(8-6-13)14(2)21-19(22)12-26-20(23)17-10-9-16(24-3)11-18(17)25-4/h5-11,14H,12H2,1-4H3,(H,21,22)/t14-/m0/s1. The van der Waals surface area contributed by atoms with Crippen molar-refractivity contribution in [1.29, 1.82) is 0 Å². The molecule has 0 saturated carbocycles. The Bertz CT molecular complexity index is 770. The first-order valence-electron chi connectivity index (χ1n) is 8.19. The summed E-state index contributed by atoms with van der Waals surface area (Å²) in [5, 5.41) is 2.80. The minimum atomic E-state index is -0.636. The van der Waals surface area contributed by atoms with Gasteiger partial charge in [-0.05, 0) is 31.5 Å². The average molecular weight is 357 g/mol. The molecule has 0 heterocycles. The number of carbonyl (C=O) groups is 2. The zero-order valence-electron chi connectivity index (χ0n) is 15.4. The van der Waals surface area contributed by atoms with Crippen LogP contribution >= 0.6 is 0 Å². The van der Waals surface area contributed by atoms with Gasteiger partial charge in [-0.2, -0.15) is 0 Å².